The zero-order chi connectivity index (χ0) is 12.4. The highest BCUT2D eigenvalue weighted by molar-refractivity contribution is 7.09. The van der Waals surface area contributed by atoms with E-state index in [1.165, 1.54) is 25.2 Å². The van der Waals surface area contributed by atoms with Crippen LogP contribution in [-0.4, -0.2) is 36.1 Å². The van der Waals surface area contributed by atoms with Crippen LogP contribution < -0.4 is 5.32 Å². The van der Waals surface area contributed by atoms with Gasteiger partial charge in [-0.1, -0.05) is 6.92 Å². The Bertz CT molecular complexity index is 363. The first-order valence-electron chi connectivity index (χ1n) is 6.43. The number of thiazole rings is 1. The Morgan fingerprint density at radius 2 is 2.35 bits per heavy atom. The number of rotatable bonds is 3. The summed E-state index contributed by atoms with van der Waals surface area (Å²) >= 11 is 1.74. The Kier molecular flexibility index (Phi) is 4.17. The van der Waals surface area contributed by atoms with E-state index in [2.05, 4.69) is 48.4 Å². The SMILES string of the molecule is Cc1nc(C(C)NC2CCN(C)CC2C)cs1. The van der Waals surface area contributed by atoms with E-state index < -0.39 is 0 Å². The normalized spacial score (nSPS) is 28.2. The van der Waals surface area contributed by atoms with Gasteiger partial charge < -0.3 is 10.2 Å². The number of nitrogens with one attached hydrogen (secondary N) is 1. The van der Waals surface area contributed by atoms with Crippen LogP contribution in [0.2, 0.25) is 0 Å². The lowest BCUT2D eigenvalue weighted by Gasteiger charge is -2.36. The number of nitrogens with zero attached hydrogens (tertiary/aromatic N) is 2. The van der Waals surface area contributed by atoms with Gasteiger partial charge in [0.1, 0.15) is 0 Å². The lowest BCUT2D eigenvalue weighted by molar-refractivity contribution is 0.167. The highest BCUT2D eigenvalue weighted by Gasteiger charge is 2.25. The molecule has 96 valence electrons. The quantitative estimate of drug-likeness (QED) is 0.897. The van der Waals surface area contributed by atoms with Gasteiger partial charge in [-0.25, -0.2) is 4.98 Å². The van der Waals surface area contributed by atoms with Gasteiger partial charge in [-0.05, 0) is 39.8 Å². The average molecular weight is 253 g/mol. The summed E-state index contributed by atoms with van der Waals surface area (Å²) in [6.45, 7) is 9.02. The third-order valence-corrected chi connectivity index (χ3v) is 4.44. The number of hydrogen-bond donors (Lipinski definition) is 1. The molecule has 4 heteroatoms. The van der Waals surface area contributed by atoms with Gasteiger partial charge in [0, 0.05) is 24.0 Å². The molecule has 0 aromatic carbocycles. The van der Waals surface area contributed by atoms with Crippen LogP contribution in [0.25, 0.3) is 0 Å². The van der Waals surface area contributed by atoms with Crippen LogP contribution in [0.1, 0.15) is 37.0 Å². The Labute approximate surface area is 108 Å². The number of piperidine rings is 1. The summed E-state index contributed by atoms with van der Waals surface area (Å²) in [4.78, 5) is 6.98. The first kappa shape index (κ1) is 13.0. The van der Waals surface area contributed by atoms with Crippen molar-refractivity contribution in [3.63, 3.8) is 0 Å². The molecule has 1 aromatic rings. The topological polar surface area (TPSA) is 28.2 Å². The van der Waals surface area contributed by atoms with E-state index in [1.54, 1.807) is 11.3 Å². The maximum atomic E-state index is 4.56. The molecule has 1 aliphatic heterocycles. The van der Waals surface area contributed by atoms with Crippen molar-refractivity contribution in [1.82, 2.24) is 15.2 Å². The molecule has 0 spiro atoms. The second-order valence-corrected chi connectivity index (χ2v) is 6.38. The van der Waals surface area contributed by atoms with Gasteiger partial charge in [-0.15, -0.1) is 11.3 Å². The minimum Gasteiger partial charge on any atom is -0.306 e. The molecule has 0 amide bonds. The van der Waals surface area contributed by atoms with E-state index in [0.717, 1.165) is 10.9 Å². The van der Waals surface area contributed by atoms with Crippen molar-refractivity contribution in [1.29, 1.82) is 0 Å². The lowest BCUT2D eigenvalue weighted by Crippen LogP contribution is -2.47. The Hall–Kier alpha value is -0.450. The second kappa shape index (κ2) is 5.46. The van der Waals surface area contributed by atoms with Gasteiger partial charge in [0.2, 0.25) is 0 Å². The van der Waals surface area contributed by atoms with Crippen LogP contribution in [0, 0.1) is 12.8 Å². The van der Waals surface area contributed by atoms with E-state index in [0.29, 0.717) is 12.1 Å². The molecule has 0 saturated carbocycles. The molecule has 1 saturated heterocycles. The molecule has 1 aromatic heterocycles. The number of aromatic nitrogens is 1. The van der Waals surface area contributed by atoms with Crippen molar-refractivity contribution in [3.8, 4) is 0 Å². The third-order valence-electron chi connectivity index (χ3n) is 3.65. The molecule has 2 rings (SSSR count). The predicted octanol–water partition coefficient (Wildman–Crippen LogP) is 2.44. The smallest absolute Gasteiger partial charge is 0.0898 e. The van der Waals surface area contributed by atoms with E-state index >= 15 is 0 Å². The fourth-order valence-corrected chi connectivity index (χ4v) is 3.29. The first-order valence-corrected chi connectivity index (χ1v) is 7.31. The summed E-state index contributed by atoms with van der Waals surface area (Å²) < 4.78 is 0. The largest absolute Gasteiger partial charge is 0.306 e. The minimum atomic E-state index is 0.371. The van der Waals surface area contributed by atoms with Crippen LogP contribution >= 0.6 is 11.3 Å². The van der Waals surface area contributed by atoms with E-state index in [4.69, 9.17) is 0 Å². The number of aryl methyl sites for hydroxylation is 1. The number of likely N-dealkylation sites (tertiary alicyclic amines) is 1. The van der Waals surface area contributed by atoms with Crippen molar-refractivity contribution in [3.05, 3.63) is 16.1 Å². The molecule has 3 unspecified atom stereocenters. The predicted molar refractivity (Wildman–Crippen MR) is 73.5 cm³/mol. The monoisotopic (exact) mass is 253 g/mol. The van der Waals surface area contributed by atoms with Crippen LogP contribution in [0.3, 0.4) is 0 Å². The molecule has 3 nitrogen and oxygen atoms in total. The summed E-state index contributed by atoms with van der Waals surface area (Å²) in [5, 5.41) is 7.07. The molecule has 0 radical (unpaired) electrons. The Morgan fingerprint density at radius 1 is 1.59 bits per heavy atom. The van der Waals surface area contributed by atoms with Crippen LogP contribution in [0.15, 0.2) is 5.38 Å². The van der Waals surface area contributed by atoms with Gasteiger partial charge in [0.25, 0.3) is 0 Å². The van der Waals surface area contributed by atoms with Crippen LogP contribution in [0.5, 0.6) is 0 Å². The van der Waals surface area contributed by atoms with E-state index in [-0.39, 0.29) is 0 Å². The third kappa shape index (κ3) is 3.27. The summed E-state index contributed by atoms with van der Waals surface area (Å²) in [5.74, 6) is 0.718. The van der Waals surface area contributed by atoms with Gasteiger partial charge in [-0.3, -0.25) is 0 Å². The summed E-state index contributed by atoms with van der Waals surface area (Å²) in [6, 6.07) is 0.999. The maximum absolute atomic E-state index is 4.56. The van der Waals surface area contributed by atoms with Crippen molar-refractivity contribution < 1.29 is 0 Å². The lowest BCUT2D eigenvalue weighted by atomic mass is 9.93. The van der Waals surface area contributed by atoms with Crippen LogP contribution in [0.4, 0.5) is 0 Å². The van der Waals surface area contributed by atoms with Gasteiger partial charge in [0.15, 0.2) is 0 Å². The molecule has 0 aliphatic carbocycles. The van der Waals surface area contributed by atoms with Gasteiger partial charge >= 0.3 is 0 Å². The minimum absolute atomic E-state index is 0.371. The van der Waals surface area contributed by atoms with E-state index in [1.807, 2.05) is 0 Å². The van der Waals surface area contributed by atoms with Crippen molar-refractivity contribution in [2.24, 2.45) is 5.92 Å². The second-order valence-electron chi connectivity index (χ2n) is 5.31. The Balaban J connectivity index is 1.92. The molecule has 1 aliphatic rings. The van der Waals surface area contributed by atoms with Gasteiger partial charge in [0.05, 0.1) is 10.7 Å². The van der Waals surface area contributed by atoms with Crippen molar-refractivity contribution >= 4 is 11.3 Å². The zero-order valence-corrected chi connectivity index (χ0v) is 12.0. The number of hydrogen-bond acceptors (Lipinski definition) is 4. The fraction of sp³-hybridized carbons (Fsp3) is 0.769. The Morgan fingerprint density at radius 3 is 2.94 bits per heavy atom. The average Bonchev–Trinajstić information content (AvgIpc) is 2.69. The molecule has 1 N–H and O–H groups in total. The molecular weight excluding hydrogens is 230 g/mol. The van der Waals surface area contributed by atoms with E-state index in [9.17, 15) is 0 Å². The molecular formula is C13H23N3S. The molecule has 1 fully saturated rings. The highest BCUT2D eigenvalue weighted by Crippen LogP contribution is 2.21. The van der Waals surface area contributed by atoms with Crippen molar-refractivity contribution in [2.75, 3.05) is 20.1 Å². The van der Waals surface area contributed by atoms with Crippen LogP contribution in [-0.2, 0) is 0 Å². The summed E-state index contributed by atoms with van der Waals surface area (Å²) in [6.07, 6.45) is 1.24. The molecule has 0 bridgehead atoms. The summed E-state index contributed by atoms with van der Waals surface area (Å²) in [5.41, 5.74) is 1.19. The van der Waals surface area contributed by atoms with Gasteiger partial charge in [-0.2, -0.15) is 0 Å². The van der Waals surface area contributed by atoms with Crippen molar-refractivity contribution in [2.45, 2.75) is 39.3 Å². The molecule has 3 atom stereocenters. The standard InChI is InChI=1S/C13H23N3S/c1-9-7-16(4)6-5-12(9)14-10(2)13-8-17-11(3)15-13/h8-10,12,14H,5-7H2,1-4H3. The first-order chi connectivity index (χ1) is 8.06. The maximum Gasteiger partial charge on any atom is 0.0898 e. The zero-order valence-electron chi connectivity index (χ0n) is 11.2. The fourth-order valence-electron chi connectivity index (χ4n) is 2.59. The highest BCUT2D eigenvalue weighted by atomic mass is 32.1. The molecule has 2 heterocycles. The summed E-state index contributed by atoms with van der Waals surface area (Å²) in [7, 11) is 2.21. The molecule has 17 heavy (non-hydrogen) atoms.